The molecule has 0 spiro atoms. The molecule has 1 N–H and O–H groups in total. The molecule has 1 aliphatic rings. The molecular weight excluding hydrogens is 392 g/mol. The zero-order valence-corrected chi connectivity index (χ0v) is 17.3. The molecule has 1 aliphatic heterocycles. The van der Waals surface area contributed by atoms with Crippen molar-refractivity contribution in [1.82, 2.24) is 0 Å². The van der Waals surface area contributed by atoms with Crippen molar-refractivity contribution in [2.75, 3.05) is 23.9 Å². The summed E-state index contributed by atoms with van der Waals surface area (Å²) in [4.78, 5) is 26.4. The molecule has 6 heteroatoms. The average molecular weight is 416 g/mol. The Morgan fingerprint density at radius 1 is 1.03 bits per heavy atom. The molecule has 158 valence electrons. The molecule has 0 saturated carbocycles. The highest BCUT2D eigenvalue weighted by atomic mass is 16.5. The number of carbonyl (C=O) groups excluding carboxylic acids is 2. The molecule has 3 aromatic carbocycles. The molecule has 1 saturated heterocycles. The van der Waals surface area contributed by atoms with E-state index in [4.69, 9.17) is 9.47 Å². The van der Waals surface area contributed by atoms with E-state index in [2.05, 4.69) is 5.32 Å². The van der Waals surface area contributed by atoms with E-state index in [0.717, 1.165) is 23.4 Å². The largest absolute Gasteiger partial charge is 0.494 e. The van der Waals surface area contributed by atoms with Gasteiger partial charge in [0.05, 0.1) is 12.8 Å². The summed E-state index contributed by atoms with van der Waals surface area (Å²) in [6, 6.07) is 22.2. The maximum absolute atomic E-state index is 12.6. The normalized spacial score (nSPS) is 13.2. The van der Waals surface area contributed by atoms with E-state index in [1.165, 1.54) is 0 Å². The van der Waals surface area contributed by atoms with Crippen LogP contribution < -0.4 is 19.7 Å². The van der Waals surface area contributed by atoms with Gasteiger partial charge in [0.1, 0.15) is 18.1 Å². The average Bonchev–Trinajstić information content (AvgIpc) is 3.24. The third-order valence-corrected chi connectivity index (χ3v) is 5.17. The van der Waals surface area contributed by atoms with Crippen molar-refractivity contribution in [2.24, 2.45) is 0 Å². The number of ether oxygens (including phenoxy) is 2. The van der Waals surface area contributed by atoms with Crippen LogP contribution >= 0.6 is 0 Å². The molecular formula is C25H24N2O4. The van der Waals surface area contributed by atoms with Gasteiger partial charge in [0, 0.05) is 30.3 Å². The third-order valence-electron chi connectivity index (χ3n) is 5.17. The number of para-hydroxylation sites is 1. The maximum atomic E-state index is 12.6. The van der Waals surface area contributed by atoms with E-state index in [1.54, 1.807) is 36.3 Å². The summed E-state index contributed by atoms with van der Waals surface area (Å²) in [6.07, 6.45) is 1.39. The number of nitrogens with one attached hydrogen (secondary N) is 1. The molecule has 0 radical (unpaired) electrons. The van der Waals surface area contributed by atoms with Crippen LogP contribution in [-0.4, -0.2) is 25.5 Å². The molecule has 3 aromatic rings. The quantitative estimate of drug-likeness (QED) is 0.609. The number of benzene rings is 3. The number of carbonyl (C=O) groups is 2. The van der Waals surface area contributed by atoms with Crippen molar-refractivity contribution in [3.8, 4) is 11.5 Å². The van der Waals surface area contributed by atoms with E-state index in [0.29, 0.717) is 36.6 Å². The Balaban J connectivity index is 1.40. The predicted molar refractivity (Wildman–Crippen MR) is 120 cm³/mol. The summed E-state index contributed by atoms with van der Waals surface area (Å²) in [5, 5.41) is 2.89. The molecule has 4 rings (SSSR count). The number of rotatable bonds is 7. The lowest BCUT2D eigenvalue weighted by molar-refractivity contribution is -0.117. The first kappa shape index (κ1) is 20.5. The van der Waals surface area contributed by atoms with Gasteiger partial charge in [0.25, 0.3) is 5.91 Å². The van der Waals surface area contributed by atoms with Crippen molar-refractivity contribution in [1.29, 1.82) is 0 Å². The van der Waals surface area contributed by atoms with Gasteiger partial charge in [0.15, 0.2) is 0 Å². The highest BCUT2D eigenvalue weighted by molar-refractivity contribution is 6.05. The van der Waals surface area contributed by atoms with Crippen LogP contribution in [0.1, 0.15) is 28.8 Å². The highest BCUT2D eigenvalue weighted by Gasteiger charge is 2.24. The minimum Gasteiger partial charge on any atom is -0.494 e. The van der Waals surface area contributed by atoms with E-state index in [-0.39, 0.29) is 11.8 Å². The van der Waals surface area contributed by atoms with Gasteiger partial charge in [-0.05, 0) is 48.4 Å². The molecule has 2 amide bonds. The molecule has 0 bridgehead atoms. The van der Waals surface area contributed by atoms with Crippen LogP contribution in [0.3, 0.4) is 0 Å². The summed E-state index contributed by atoms with van der Waals surface area (Å²) in [7, 11) is 1.56. The fraction of sp³-hybridized carbons (Fsp3) is 0.200. The fourth-order valence-corrected chi connectivity index (χ4v) is 3.52. The Kier molecular flexibility index (Phi) is 6.17. The molecule has 31 heavy (non-hydrogen) atoms. The minimum atomic E-state index is -0.220. The van der Waals surface area contributed by atoms with Crippen LogP contribution in [0.2, 0.25) is 0 Å². The Bertz CT molecular complexity index is 1060. The fourth-order valence-electron chi connectivity index (χ4n) is 3.52. The van der Waals surface area contributed by atoms with E-state index in [1.807, 2.05) is 48.5 Å². The van der Waals surface area contributed by atoms with Gasteiger partial charge in [-0.3, -0.25) is 9.59 Å². The van der Waals surface area contributed by atoms with Crippen molar-refractivity contribution in [2.45, 2.75) is 19.4 Å². The first-order valence-corrected chi connectivity index (χ1v) is 10.2. The first-order valence-electron chi connectivity index (χ1n) is 10.2. The zero-order valence-electron chi connectivity index (χ0n) is 17.3. The summed E-state index contributed by atoms with van der Waals surface area (Å²) < 4.78 is 11.2. The SMILES string of the molecule is COc1cc(NC(=O)c2ccc(COc3ccccc3)cc2)ccc1N1CCCC1=O. The molecule has 1 heterocycles. The van der Waals surface area contributed by atoms with Gasteiger partial charge in [-0.1, -0.05) is 30.3 Å². The van der Waals surface area contributed by atoms with Crippen LogP contribution in [0.25, 0.3) is 0 Å². The van der Waals surface area contributed by atoms with E-state index >= 15 is 0 Å². The zero-order chi connectivity index (χ0) is 21.6. The van der Waals surface area contributed by atoms with Crippen molar-refractivity contribution in [3.63, 3.8) is 0 Å². The Morgan fingerprint density at radius 2 is 1.81 bits per heavy atom. The van der Waals surface area contributed by atoms with Gasteiger partial charge in [-0.15, -0.1) is 0 Å². The second kappa shape index (κ2) is 9.34. The van der Waals surface area contributed by atoms with Gasteiger partial charge in [0.2, 0.25) is 5.91 Å². The summed E-state index contributed by atoms with van der Waals surface area (Å²) in [5.74, 6) is 1.23. The molecule has 0 atom stereocenters. The topological polar surface area (TPSA) is 67.9 Å². The van der Waals surface area contributed by atoms with Gasteiger partial charge in [-0.2, -0.15) is 0 Å². The Labute approximate surface area is 181 Å². The molecule has 6 nitrogen and oxygen atoms in total. The lowest BCUT2D eigenvalue weighted by atomic mass is 10.1. The van der Waals surface area contributed by atoms with Gasteiger partial charge in [-0.25, -0.2) is 0 Å². The van der Waals surface area contributed by atoms with E-state index < -0.39 is 0 Å². The molecule has 0 aromatic heterocycles. The van der Waals surface area contributed by atoms with Crippen molar-refractivity contribution >= 4 is 23.2 Å². The Morgan fingerprint density at radius 3 is 2.48 bits per heavy atom. The van der Waals surface area contributed by atoms with Crippen LogP contribution in [-0.2, 0) is 11.4 Å². The first-order chi connectivity index (χ1) is 15.1. The third kappa shape index (κ3) is 4.86. The number of nitrogens with zero attached hydrogens (tertiary/aromatic N) is 1. The number of methoxy groups -OCH3 is 1. The lowest BCUT2D eigenvalue weighted by Gasteiger charge is -2.19. The second-order valence-electron chi connectivity index (χ2n) is 7.29. The van der Waals surface area contributed by atoms with Crippen LogP contribution in [0, 0.1) is 0 Å². The van der Waals surface area contributed by atoms with Crippen molar-refractivity contribution in [3.05, 3.63) is 83.9 Å². The van der Waals surface area contributed by atoms with Crippen LogP contribution in [0.4, 0.5) is 11.4 Å². The highest BCUT2D eigenvalue weighted by Crippen LogP contribution is 2.34. The molecule has 0 unspecified atom stereocenters. The summed E-state index contributed by atoms with van der Waals surface area (Å²) in [5.41, 5.74) is 2.85. The smallest absolute Gasteiger partial charge is 0.255 e. The van der Waals surface area contributed by atoms with Gasteiger partial charge >= 0.3 is 0 Å². The van der Waals surface area contributed by atoms with E-state index in [9.17, 15) is 9.59 Å². The Hall–Kier alpha value is -3.80. The van der Waals surface area contributed by atoms with Gasteiger partial charge < -0.3 is 19.7 Å². The van der Waals surface area contributed by atoms with Crippen molar-refractivity contribution < 1.29 is 19.1 Å². The second-order valence-corrected chi connectivity index (χ2v) is 7.29. The number of hydrogen-bond donors (Lipinski definition) is 1. The summed E-state index contributed by atoms with van der Waals surface area (Å²) in [6.45, 7) is 1.11. The predicted octanol–water partition coefficient (Wildman–Crippen LogP) is 4.65. The maximum Gasteiger partial charge on any atom is 0.255 e. The minimum absolute atomic E-state index is 0.0893. The summed E-state index contributed by atoms with van der Waals surface area (Å²) >= 11 is 0. The number of anilines is 2. The molecule has 1 fully saturated rings. The van der Waals surface area contributed by atoms with Crippen LogP contribution in [0.15, 0.2) is 72.8 Å². The number of amides is 2. The standard InChI is InChI=1S/C25H24N2O4/c1-30-23-16-20(13-14-22(23)27-15-5-8-24(27)28)26-25(29)19-11-9-18(10-12-19)17-31-21-6-3-2-4-7-21/h2-4,6-7,9-14,16H,5,8,15,17H2,1H3,(H,26,29). The van der Waals surface area contributed by atoms with Crippen LogP contribution in [0.5, 0.6) is 11.5 Å². The number of hydrogen-bond acceptors (Lipinski definition) is 4. The monoisotopic (exact) mass is 416 g/mol. The lowest BCUT2D eigenvalue weighted by Crippen LogP contribution is -2.24. The molecule has 0 aliphatic carbocycles.